The highest BCUT2D eigenvalue weighted by atomic mass is 16.5. The van der Waals surface area contributed by atoms with Gasteiger partial charge in [0, 0.05) is 18.7 Å². The summed E-state index contributed by atoms with van der Waals surface area (Å²) in [5, 5.41) is 9.58. The molecule has 0 radical (unpaired) electrons. The number of fused-ring (bicyclic) bond motifs is 1. The van der Waals surface area contributed by atoms with Gasteiger partial charge in [-0.15, -0.1) is 0 Å². The third-order valence-electron chi connectivity index (χ3n) is 3.42. The maximum atomic E-state index is 11.7. The first-order valence-electron chi connectivity index (χ1n) is 6.91. The van der Waals surface area contributed by atoms with Gasteiger partial charge in [0.05, 0.1) is 0 Å². The first-order chi connectivity index (χ1) is 9.59. The number of carboxylic acid groups (broad SMARTS) is 1. The molecule has 1 aliphatic heterocycles. The highest BCUT2D eigenvalue weighted by Gasteiger charge is 2.31. The molecule has 1 aliphatic rings. The summed E-state index contributed by atoms with van der Waals surface area (Å²) in [7, 11) is 0. The fourth-order valence-electron chi connectivity index (χ4n) is 2.49. The first-order valence-corrected chi connectivity index (χ1v) is 6.91. The van der Waals surface area contributed by atoms with Crippen molar-refractivity contribution in [3.63, 3.8) is 0 Å². The van der Waals surface area contributed by atoms with E-state index >= 15 is 0 Å². The van der Waals surface area contributed by atoms with Gasteiger partial charge in [-0.25, -0.2) is 0 Å². The van der Waals surface area contributed by atoms with Crippen LogP contribution in [0.4, 0.5) is 0 Å². The lowest BCUT2D eigenvalue weighted by atomic mass is 10.0. The molecule has 2 rings (SSSR count). The van der Waals surface area contributed by atoms with E-state index in [0.29, 0.717) is 18.9 Å². The summed E-state index contributed by atoms with van der Waals surface area (Å²) >= 11 is 0. The maximum absolute atomic E-state index is 11.7. The van der Waals surface area contributed by atoms with Crippen molar-refractivity contribution in [3.8, 4) is 5.75 Å². The normalized spacial score (nSPS) is 18.6. The Hall–Kier alpha value is -1.81. The minimum atomic E-state index is -0.819. The molecule has 1 heterocycles. The van der Waals surface area contributed by atoms with E-state index in [9.17, 15) is 9.90 Å². The minimum Gasteiger partial charge on any atom is -0.492 e. The van der Waals surface area contributed by atoms with Crippen molar-refractivity contribution in [2.24, 2.45) is 0 Å². The van der Waals surface area contributed by atoms with Crippen molar-refractivity contribution >= 4 is 5.97 Å². The van der Waals surface area contributed by atoms with Crippen LogP contribution in [0.15, 0.2) is 35.9 Å². The molecule has 0 saturated carbocycles. The summed E-state index contributed by atoms with van der Waals surface area (Å²) in [5.41, 5.74) is 2.00. The second-order valence-corrected chi connectivity index (χ2v) is 5.23. The van der Waals surface area contributed by atoms with Crippen LogP contribution in [-0.4, -0.2) is 35.7 Å². The van der Waals surface area contributed by atoms with Crippen LogP contribution in [-0.2, 0) is 4.79 Å². The van der Waals surface area contributed by atoms with Gasteiger partial charge in [-0.05, 0) is 26.3 Å². The zero-order valence-electron chi connectivity index (χ0n) is 12.0. The van der Waals surface area contributed by atoms with Gasteiger partial charge in [-0.3, -0.25) is 9.69 Å². The molecule has 0 spiro atoms. The van der Waals surface area contributed by atoms with E-state index in [-0.39, 0.29) is 0 Å². The topological polar surface area (TPSA) is 49.8 Å². The largest absolute Gasteiger partial charge is 0.492 e. The fourth-order valence-corrected chi connectivity index (χ4v) is 2.49. The van der Waals surface area contributed by atoms with Crippen LogP contribution in [0.3, 0.4) is 0 Å². The minimum absolute atomic E-state index is 0.523. The Morgan fingerprint density at radius 1 is 1.45 bits per heavy atom. The predicted molar refractivity (Wildman–Crippen MR) is 77.9 cm³/mol. The molecule has 1 unspecified atom stereocenters. The lowest BCUT2D eigenvalue weighted by Gasteiger charge is -2.26. The Kier molecular flexibility index (Phi) is 4.79. The number of ether oxygens (including phenoxy) is 1. The van der Waals surface area contributed by atoms with Gasteiger partial charge in [0.25, 0.3) is 0 Å². The van der Waals surface area contributed by atoms with Gasteiger partial charge in [-0.2, -0.15) is 0 Å². The summed E-state index contributed by atoms with van der Waals surface area (Å²) in [6.45, 7) is 5.97. The van der Waals surface area contributed by atoms with Gasteiger partial charge in [-0.1, -0.05) is 29.8 Å². The molecule has 0 aromatic heterocycles. The van der Waals surface area contributed by atoms with Crippen molar-refractivity contribution in [1.82, 2.24) is 4.90 Å². The highest BCUT2D eigenvalue weighted by Crippen LogP contribution is 2.32. The number of nitrogens with zero attached hydrogens (tertiary/aromatic N) is 1. The molecule has 0 saturated heterocycles. The predicted octanol–water partition coefficient (Wildman–Crippen LogP) is 2.86. The lowest BCUT2D eigenvalue weighted by Crippen LogP contribution is -2.35. The number of para-hydroxylation sites is 1. The van der Waals surface area contributed by atoms with E-state index < -0.39 is 12.0 Å². The number of hydrogen-bond acceptors (Lipinski definition) is 3. The average molecular weight is 275 g/mol. The molecule has 1 atom stereocenters. The lowest BCUT2D eigenvalue weighted by molar-refractivity contribution is -0.143. The summed E-state index contributed by atoms with van der Waals surface area (Å²) < 4.78 is 5.67. The number of rotatable bonds is 4. The number of benzene rings is 1. The van der Waals surface area contributed by atoms with Crippen molar-refractivity contribution in [2.45, 2.75) is 26.3 Å². The Balaban J connectivity index is 2.23. The van der Waals surface area contributed by atoms with E-state index in [1.165, 1.54) is 5.57 Å². The summed E-state index contributed by atoms with van der Waals surface area (Å²) in [5.74, 6) is -0.134. The van der Waals surface area contributed by atoms with E-state index in [0.717, 1.165) is 18.5 Å². The molecule has 1 N–H and O–H groups in total. The molecule has 1 aromatic carbocycles. The molecule has 4 heteroatoms. The van der Waals surface area contributed by atoms with Crippen molar-refractivity contribution in [2.75, 3.05) is 19.7 Å². The van der Waals surface area contributed by atoms with Gasteiger partial charge in [0.15, 0.2) is 0 Å². The van der Waals surface area contributed by atoms with Crippen LogP contribution in [0.5, 0.6) is 5.75 Å². The maximum Gasteiger partial charge on any atom is 0.325 e. The molecule has 108 valence electrons. The fraction of sp³-hybridized carbons (Fsp3) is 0.438. The molecule has 0 bridgehead atoms. The zero-order chi connectivity index (χ0) is 14.5. The summed E-state index contributed by atoms with van der Waals surface area (Å²) in [4.78, 5) is 13.6. The molecular weight excluding hydrogens is 254 g/mol. The van der Waals surface area contributed by atoms with Crippen molar-refractivity contribution in [1.29, 1.82) is 0 Å². The van der Waals surface area contributed by atoms with E-state index in [4.69, 9.17) is 4.74 Å². The van der Waals surface area contributed by atoms with Crippen LogP contribution < -0.4 is 4.74 Å². The van der Waals surface area contributed by atoms with E-state index in [1.807, 2.05) is 29.2 Å². The quantitative estimate of drug-likeness (QED) is 0.858. The number of hydrogen-bond donors (Lipinski definition) is 1. The SMILES string of the molecule is CC(C)=CCCN1CCOc2ccccc2C1C(=O)O. The van der Waals surface area contributed by atoms with Crippen molar-refractivity contribution < 1.29 is 14.6 Å². The molecule has 4 nitrogen and oxygen atoms in total. The second-order valence-electron chi connectivity index (χ2n) is 5.23. The number of aliphatic carboxylic acids is 1. The van der Waals surface area contributed by atoms with Crippen LogP contribution >= 0.6 is 0 Å². The molecule has 1 aromatic rings. The molecule has 0 fully saturated rings. The van der Waals surface area contributed by atoms with Crippen LogP contribution in [0.2, 0.25) is 0 Å². The zero-order valence-corrected chi connectivity index (χ0v) is 12.0. The Labute approximate surface area is 119 Å². The van der Waals surface area contributed by atoms with Gasteiger partial charge in [0.2, 0.25) is 0 Å². The standard InChI is InChI=1S/C16H21NO3/c1-12(2)6-5-9-17-10-11-20-14-8-4-3-7-13(14)15(17)16(18)19/h3-4,6-8,15H,5,9-11H2,1-2H3,(H,18,19). The van der Waals surface area contributed by atoms with E-state index in [2.05, 4.69) is 19.9 Å². The smallest absolute Gasteiger partial charge is 0.325 e. The van der Waals surface area contributed by atoms with Gasteiger partial charge >= 0.3 is 5.97 Å². The number of allylic oxidation sites excluding steroid dienone is 1. The molecular formula is C16H21NO3. The summed E-state index contributed by atoms with van der Waals surface area (Å²) in [6.07, 6.45) is 2.99. The number of carbonyl (C=O) groups is 1. The van der Waals surface area contributed by atoms with Crippen LogP contribution in [0, 0.1) is 0 Å². The monoisotopic (exact) mass is 275 g/mol. The third-order valence-corrected chi connectivity index (χ3v) is 3.42. The first kappa shape index (κ1) is 14.6. The Morgan fingerprint density at radius 3 is 2.90 bits per heavy atom. The van der Waals surface area contributed by atoms with Gasteiger partial charge < -0.3 is 9.84 Å². The van der Waals surface area contributed by atoms with Crippen LogP contribution in [0.25, 0.3) is 0 Å². The van der Waals surface area contributed by atoms with Crippen molar-refractivity contribution in [3.05, 3.63) is 41.5 Å². The molecule has 20 heavy (non-hydrogen) atoms. The average Bonchev–Trinajstić information content (AvgIpc) is 2.57. The molecule has 0 aliphatic carbocycles. The Morgan fingerprint density at radius 2 is 2.20 bits per heavy atom. The Bertz CT molecular complexity index is 506. The van der Waals surface area contributed by atoms with E-state index in [1.54, 1.807) is 0 Å². The molecule has 0 amide bonds. The van der Waals surface area contributed by atoms with Gasteiger partial charge in [0.1, 0.15) is 18.4 Å². The summed E-state index contributed by atoms with van der Waals surface area (Å²) in [6, 6.07) is 6.78. The van der Waals surface area contributed by atoms with Crippen LogP contribution in [0.1, 0.15) is 31.9 Å². The number of carboxylic acids is 1. The third kappa shape index (κ3) is 3.39. The second kappa shape index (κ2) is 6.57. The highest BCUT2D eigenvalue weighted by molar-refractivity contribution is 5.76.